The first-order valence-corrected chi connectivity index (χ1v) is 7.78. The molecule has 0 amide bonds. The molecule has 0 aliphatic rings. The van der Waals surface area contributed by atoms with Crippen LogP contribution in [-0.4, -0.2) is 16.3 Å². The number of hydrogen-bond acceptors (Lipinski definition) is 5. The molecule has 3 aromatic rings. The second-order valence-corrected chi connectivity index (χ2v) is 5.81. The quantitative estimate of drug-likeness (QED) is 0.706. The monoisotopic (exact) mass is 351 g/mol. The van der Waals surface area contributed by atoms with Gasteiger partial charge in [-0.15, -0.1) is 24.5 Å². The fourth-order valence-electron chi connectivity index (χ4n) is 1.94. The van der Waals surface area contributed by atoms with E-state index >= 15 is 0 Å². The van der Waals surface area contributed by atoms with Crippen LogP contribution in [-0.2, 0) is 0 Å². The number of benzene rings is 1. The smallest absolute Gasteiger partial charge is 0.406 e. The van der Waals surface area contributed by atoms with Gasteiger partial charge in [-0.1, -0.05) is 6.07 Å². The summed E-state index contributed by atoms with van der Waals surface area (Å²) in [6.45, 7) is 1.95. The van der Waals surface area contributed by atoms with Crippen molar-refractivity contribution in [3.63, 3.8) is 0 Å². The minimum absolute atomic E-state index is 0.260. The number of pyridine rings is 1. The summed E-state index contributed by atoms with van der Waals surface area (Å²) >= 11 is 1.38. The van der Waals surface area contributed by atoms with E-state index < -0.39 is 6.36 Å². The summed E-state index contributed by atoms with van der Waals surface area (Å²) in [5, 5.41) is 5.55. The molecular weight excluding hydrogens is 339 g/mol. The summed E-state index contributed by atoms with van der Waals surface area (Å²) in [7, 11) is 0. The third-order valence-electron chi connectivity index (χ3n) is 3.03. The Morgan fingerprint density at radius 1 is 1.08 bits per heavy atom. The molecule has 124 valence electrons. The minimum Gasteiger partial charge on any atom is -0.406 e. The van der Waals surface area contributed by atoms with Gasteiger partial charge in [0.15, 0.2) is 5.13 Å². The Balaban J connectivity index is 1.72. The van der Waals surface area contributed by atoms with E-state index in [4.69, 9.17) is 0 Å². The van der Waals surface area contributed by atoms with E-state index in [-0.39, 0.29) is 5.75 Å². The zero-order valence-electron chi connectivity index (χ0n) is 12.5. The normalized spacial score (nSPS) is 11.3. The molecule has 0 aliphatic carbocycles. The molecule has 1 N–H and O–H groups in total. The maximum absolute atomic E-state index is 12.2. The Bertz CT molecular complexity index is 814. The molecule has 0 spiro atoms. The van der Waals surface area contributed by atoms with Gasteiger partial charge in [-0.2, -0.15) is 0 Å². The van der Waals surface area contributed by atoms with E-state index in [9.17, 15) is 13.2 Å². The maximum Gasteiger partial charge on any atom is 0.573 e. The van der Waals surface area contributed by atoms with Gasteiger partial charge in [0.05, 0.1) is 5.69 Å². The molecule has 0 saturated carbocycles. The number of aryl methyl sites for hydroxylation is 1. The van der Waals surface area contributed by atoms with Gasteiger partial charge in [-0.05, 0) is 42.8 Å². The molecule has 8 heteroatoms. The molecule has 0 atom stereocenters. The van der Waals surface area contributed by atoms with Crippen LogP contribution in [0, 0.1) is 6.92 Å². The van der Waals surface area contributed by atoms with E-state index in [1.54, 1.807) is 6.20 Å². The van der Waals surface area contributed by atoms with Crippen LogP contribution in [0.4, 0.5) is 24.1 Å². The Morgan fingerprint density at radius 2 is 1.83 bits per heavy atom. The molecule has 3 rings (SSSR count). The molecule has 0 fully saturated rings. The Hall–Kier alpha value is -2.61. The predicted octanol–water partition coefficient (Wildman–Crippen LogP) is 5.16. The molecule has 24 heavy (non-hydrogen) atoms. The number of alkyl halides is 3. The highest BCUT2D eigenvalue weighted by atomic mass is 32.1. The van der Waals surface area contributed by atoms with Crippen molar-refractivity contribution in [2.45, 2.75) is 13.3 Å². The molecule has 4 nitrogen and oxygen atoms in total. The van der Waals surface area contributed by atoms with Crippen LogP contribution >= 0.6 is 11.3 Å². The molecule has 2 aromatic heterocycles. The molecular formula is C16H12F3N3OS. The van der Waals surface area contributed by atoms with Crippen molar-refractivity contribution in [2.75, 3.05) is 5.32 Å². The summed E-state index contributed by atoms with van der Waals surface area (Å²) in [6.07, 6.45) is -2.95. The second kappa shape index (κ2) is 6.48. The van der Waals surface area contributed by atoms with Crippen LogP contribution in [0.25, 0.3) is 11.3 Å². The van der Waals surface area contributed by atoms with E-state index in [0.717, 1.165) is 5.56 Å². The Labute approximate surface area is 140 Å². The molecule has 0 unspecified atom stereocenters. The van der Waals surface area contributed by atoms with Crippen LogP contribution < -0.4 is 10.1 Å². The fourth-order valence-corrected chi connectivity index (χ4v) is 2.67. The van der Waals surface area contributed by atoms with Gasteiger partial charge in [-0.25, -0.2) is 9.97 Å². The predicted molar refractivity (Wildman–Crippen MR) is 86.5 cm³/mol. The van der Waals surface area contributed by atoms with Gasteiger partial charge >= 0.3 is 6.36 Å². The first-order valence-electron chi connectivity index (χ1n) is 6.90. The van der Waals surface area contributed by atoms with Crippen LogP contribution in [0.5, 0.6) is 5.75 Å². The summed E-state index contributed by atoms with van der Waals surface area (Å²) in [5.74, 6) is 0.416. The lowest BCUT2D eigenvalue weighted by atomic mass is 10.2. The van der Waals surface area contributed by atoms with E-state index in [1.807, 2.05) is 24.4 Å². The standard InChI is InChI=1S/C16H12F3N3OS/c1-10-2-7-14(20-8-10)22-15-21-13(9-24-15)11-3-5-12(6-4-11)23-16(17,18)19/h2-9H,1H3,(H,20,21,22). The first-order chi connectivity index (χ1) is 11.4. The first kappa shape index (κ1) is 16.3. The van der Waals surface area contributed by atoms with Crippen LogP contribution in [0.1, 0.15) is 5.56 Å². The number of ether oxygens (including phenoxy) is 1. The lowest BCUT2D eigenvalue weighted by Gasteiger charge is -2.08. The molecule has 2 heterocycles. The summed E-state index contributed by atoms with van der Waals surface area (Å²) in [4.78, 5) is 8.64. The van der Waals surface area contributed by atoms with Gasteiger partial charge in [0.25, 0.3) is 0 Å². The van der Waals surface area contributed by atoms with Crippen molar-refractivity contribution in [3.8, 4) is 17.0 Å². The Kier molecular flexibility index (Phi) is 4.39. The van der Waals surface area contributed by atoms with Crippen LogP contribution in [0.2, 0.25) is 0 Å². The summed E-state index contributed by atoms with van der Waals surface area (Å²) < 4.78 is 40.3. The van der Waals surface area contributed by atoms with Gasteiger partial charge in [0.2, 0.25) is 0 Å². The number of thiazole rings is 1. The topological polar surface area (TPSA) is 47.0 Å². The zero-order chi connectivity index (χ0) is 17.2. The van der Waals surface area contributed by atoms with Crippen molar-refractivity contribution >= 4 is 22.3 Å². The number of halogens is 3. The number of hydrogen-bond donors (Lipinski definition) is 1. The molecule has 0 aliphatic heterocycles. The number of anilines is 2. The third kappa shape index (κ3) is 4.23. The number of aromatic nitrogens is 2. The minimum atomic E-state index is -4.69. The van der Waals surface area contributed by atoms with E-state index in [1.165, 1.54) is 35.6 Å². The lowest BCUT2D eigenvalue weighted by Crippen LogP contribution is -2.16. The van der Waals surface area contributed by atoms with Gasteiger partial charge in [0, 0.05) is 17.1 Å². The molecule has 0 saturated heterocycles. The Morgan fingerprint density at radius 3 is 2.46 bits per heavy atom. The van der Waals surface area contributed by atoms with Gasteiger partial charge in [0.1, 0.15) is 11.6 Å². The van der Waals surface area contributed by atoms with Gasteiger partial charge in [-0.3, -0.25) is 0 Å². The van der Waals surface area contributed by atoms with Crippen molar-refractivity contribution in [3.05, 3.63) is 53.5 Å². The molecule has 1 aromatic carbocycles. The summed E-state index contributed by atoms with van der Waals surface area (Å²) in [5.41, 5.74) is 2.42. The van der Waals surface area contributed by atoms with Crippen molar-refractivity contribution in [1.29, 1.82) is 0 Å². The van der Waals surface area contributed by atoms with Gasteiger partial charge < -0.3 is 10.1 Å². The van der Waals surface area contributed by atoms with Crippen molar-refractivity contribution < 1.29 is 17.9 Å². The highest BCUT2D eigenvalue weighted by molar-refractivity contribution is 7.14. The SMILES string of the molecule is Cc1ccc(Nc2nc(-c3ccc(OC(F)(F)F)cc3)cs2)nc1. The number of nitrogens with zero attached hydrogens (tertiary/aromatic N) is 2. The van der Waals surface area contributed by atoms with E-state index in [0.29, 0.717) is 22.2 Å². The highest BCUT2D eigenvalue weighted by Crippen LogP contribution is 2.29. The van der Waals surface area contributed by atoms with Crippen molar-refractivity contribution in [1.82, 2.24) is 9.97 Å². The van der Waals surface area contributed by atoms with Crippen molar-refractivity contribution in [2.24, 2.45) is 0 Å². The fraction of sp³-hybridized carbons (Fsp3) is 0.125. The average molecular weight is 351 g/mol. The summed E-state index contributed by atoms with van der Waals surface area (Å²) in [6, 6.07) is 9.37. The largest absolute Gasteiger partial charge is 0.573 e. The van der Waals surface area contributed by atoms with E-state index in [2.05, 4.69) is 20.0 Å². The highest BCUT2D eigenvalue weighted by Gasteiger charge is 2.30. The van der Waals surface area contributed by atoms with Crippen LogP contribution in [0.15, 0.2) is 48.0 Å². The third-order valence-corrected chi connectivity index (χ3v) is 3.79. The maximum atomic E-state index is 12.2. The average Bonchev–Trinajstić information content (AvgIpc) is 2.97. The number of nitrogens with one attached hydrogen (secondary N) is 1. The lowest BCUT2D eigenvalue weighted by molar-refractivity contribution is -0.274. The molecule has 0 bridgehead atoms. The zero-order valence-corrected chi connectivity index (χ0v) is 13.3. The molecule has 0 radical (unpaired) electrons. The second-order valence-electron chi connectivity index (χ2n) is 4.96. The van der Waals surface area contributed by atoms with Crippen LogP contribution in [0.3, 0.4) is 0 Å². The number of rotatable bonds is 4.